The molecular formula is C25H23FN2O3. The van der Waals surface area contributed by atoms with Gasteiger partial charge in [0.1, 0.15) is 18.2 Å². The summed E-state index contributed by atoms with van der Waals surface area (Å²) in [5.41, 5.74) is 3.53. The molecule has 1 atom stereocenters. The highest BCUT2D eigenvalue weighted by molar-refractivity contribution is 6.04. The largest absolute Gasteiger partial charge is 0.492 e. The number of hydrogen-bond acceptors (Lipinski definition) is 3. The molecule has 0 aliphatic carbocycles. The van der Waals surface area contributed by atoms with Gasteiger partial charge in [0.05, 0.1) is 11.5 Å². The highest BCUT2D eigenvalue weighted by atomic mass is 19.1. The van der Waals surface area contributed by atoms with Crippen molar-refractivity contribution in [2.75, 3.05) is 11.9 Å². The number of amides is 2. The van der Waals surface area contributed by atoms with Crippen molar-refractivity contribution in [3.63, 3.8) is 0 Å². The van der Waals surface area contributed by atoms with Crippen molar-refractivity contribution >= 4 is 17.5 Å². The summed E-state index contributed by atoms with van der Waals surface area (Å²) in [7, 11) is 0. The monoisotopic (exact) mass is 418 g/mol. The quantitative estimate of drug-likeness (QED) is 0.651. The molecule has 158 valence electrons. The molecular weight excluding hydrogens is 395 g/mol. The molecule has 0 bridgehead atoms. The Balaban J connectivity index is 1.41. The Kier molecular flexibility index (Phi) is 5.98. The lowest BCUT2D eigenvalue weighted by Crippen LogP contribution is -2.37. The van der Waals surface area contributed by atoms with Gasteiger partial charge in [0.2, 0.25) is 5.91 Å². The van der Waals surface area contributed by atoms with Crippen LogP contribution in [0.25, 0.3) is 0 Å². The molecule has 1 heterocycles. The van der Waals surface area contributed by atoms with Crippen LogP contribution >= 0.6 is 0 Å². The number of aryl methyl sites for hydroxylation is 1. The zero-order valence-electron chi connectivity index (χ0n) is 17.2. The average molecular weight is 418 g/mol. The minimum atomic E-state index is -0.577. The molecule has 3 aromatic carbocycles. The molecule has 0 fully saturated rings. The summed E-state index contributed by atoms with van der Waals surface area (Å²) in [6.07, 6.45) is 0.498. The van der Waals surface area contributed by atoms with Crippen molar-refractivity contribution in [3.8, 4) is 5.75 Å². The van der Waals surface area contributed by atoms with E-state index < -0.39 is 11.7 Å². The molecule has 0 spiro atoms. The summed E-state index contributed by atoms with van der Waals surface area (Å²) in [4.78, 5) is 25.1. The van der Waals surface area contributed by atoms with Gasteiger partial charge in [-0.1, -0.05) is 36.4 Å². The van der Waals surface area contributed by atoms with Crippen LogP contribution in [-0.4, -0.2) is 18.4 Å². The molecule has 31 heavy (non-hydrogen) atoms. The minimum absolute atomic E-state index is 0.0232. The first-order chi connectivity index (χ1) is 15.0. The molecule has 1 unspecified atom stereocenters. The van der Waals surface area contributed by atoms with Crippen molar-refractivity contribution in [3.05, 3.63) is 94.8 Å². The Labute approximate surface area is 180 Å². The topological polar surface area (TPSA) is 67.4 Å². The number of carbonyl (C=O) groups excluding carboxylic acids is 2. The molecule has 0 saturated carbocycles. The second-order valence-electron chi connectivity index (χ2n) is 7.61. The predicted molar refractivity (Wildman–Crippen MR) is 117 cm³/mol. The van der Waals surface area contributed by atoms with Gasteiger partial charge in [0.15, 0.2) is 0 Å². The molecule has 4 rings (SSSR count). The van der Waals surface area contributed by atoms with E-state index in [2.05, 4.69) is 10.6 Å². The summed E-state index contributed by atoms with van der Waals surface area (Å²) in [6.45, 7) is 2.78. The number of ether oxygens (including phenoxy) is 1. The number of carbonyl (C=O) groups is 2. The third-order valence-corrected chi connectivity index (χ3v) is 5.43. The van der Waals surface area contributed by atoms with Crippen molar-refractivity contribution in [1.29, 1.82) is 0 Å². The van der Waals surface area contributed by atoms with E-state index in [1.165, 1.54) is 18.2 Å². The zero-order chi connectivity index (χ0) is 21.8. The molecule has 0 saturated heterocycles. The van der Waals surface area contributed by atoms with Gasteiger partial charge in [-0.05, 0) is 60.4 Å². The summed E-state index contributed by atoms with van der Waals surface area (Å²) in [5.74, 6) is -0.815. The molecule has 6 heteroatoms. The average Bonchev–Trinajstić information content (AvgIpc) is 2.78. The van der Waals surface area contributed by atoms with Gasteiger partial charge >= 0.3 is 0 Å². The summed E-state index contributed by atoms with van der Waals surface area (Å²) >= 11 is 0. The van der Waals surface area contributed by atoms with Gasteiger partial charge in [-0.2, -0.15) is 0 Å². The maximum Gasteiger partial charge on any atom is 0.258 e. The van der Waals surface area contributed by atoms with Crippen molar-refractivity contribution in [2.45, 2.75) is 19.9 Å². The van der Waals surface area contributed by atoms with Crippen LogP contribution in [-0.2, 0) is 17.8 Å². The van der Waals surface area contributed by atoms with Gasteiger partial charge in [-0.3, -0.25) is 9.59 Å². The molecule has 3 aromatic rings. The fourth-order valence-corrected chi connectivity index (χ4v) is 3.62. The molecule has 1 aliphatic heterocycles. The highest BCUT2D eigenvalue weighted by Gasteiger charge is 2.26. The lowest BCUT2D eigenvalue weighted by atomic mass is 9.95. The maximum absolute atomic E-state index is 13.9. The number of fused-ring (bicyclic) bond motifs is 1. The summed E-state index contributed by atoms with van der Waals surface area (Å²) in [5, 5.41) is 5.70. The maximum atomic E-state index is 13.9. The molecule has 1 aliphatic rings. The van der Waals surface area contributed by atoms with E-state index >= 15 is 0 Å². The van der Waals surface area contributed by atoms with Gasteiger partial charge < -0.3 is 15.4 Å². The van der Waals surface area contributed by atoms with Crippen LogP contribution < -0.4 is 15.4 Å². The Morgan fingerprint density at radius 3 is 2.65 bits per heavy atom. The fourth-order valence-electron chi connectivity index (χ4n) is 3.62. The SMILES string of the molecule is Cc1ccccc1CNC(=O)C1COc2ccc(NC(=O)c3ccccc3F)cc2C1. The zero-order valence-corrected chi connectivity index (χ0v) is 17.2. The minimum Gasteiger partial charge on any atom is -0.492 e. The molecule has 2 N–H and O–H groups in total. The second kappa shape index (κ2) is 9.00. The Morgan fingerprint density at radius 1 is 1.06 bits per heavy atom. The van der Waals surface area contributed by atoms with Gasteiger partial charge in [-0.25, -0.2) is 4.39 Å². The normalized spacial score (nSPS) is 14.8. The van der Waals surface area contributed by atoms with Crippen LogP contribution in [0.1, 0.15) is 27.0 Å². The van der Waals surface area contributed by atoms with Crippen LogP contribution in [0, 0.1) is 18.7 Å². The van der Waals surface area contributed by atoms with Gasteiger partial charge in [-0.15, -0.1) is 0 Å². The number of benzene rings is 3. The lowest BCUT2D eigenvalue weighted by Gasteiger charge is -2.25. The number of hydrogen-bond donors (Lipinski definition) is 2. The molecule has 5 nitrogen and oxygen atoms in total. The first-order valence-electron chi connectivity index (χ1n) is 10.1. The summed E-state index contributed by atoms with van der Waals surface area (Å²) in [6, 6.07) is 19.0. The van der Waals surface area contributed by atoms with Gasteiger partial charge in [0, 0.05) is 12.2 Å². The number of halogens is 1. The smallest absolute Gasteiger partial charge is 0.258 e. The van der Waals surface area contributed by atoms with Crippen LogP contribution in [0.2, 0.25) is 0 Å². The third kappa shape index (κ3) is 4.74. The van der Waals surface area contributed by atoms with E-state index in [9.17, 15) is 14.0 Å². The molecule has 0 aromatic heterocycles. The first-order valence-corrected chi connectivity index (χ1v) is 10.1. The number of nitrogens with one attached hydrogen (secondary N) is 2. The predicted octanol–water partition coefficient (Wildman–Crippen LogP) is 4.25. The lowest BCUT2D eigenvalue weighted by molar-refractivity contribution is -0.126. The van der Waals surface area contributed by atoms with Crippen LogP contribution in [0.4, 0.5) is 10.1 Å². The van der Waals surface area contributed by atoms with E-state index in [-0.39, 0.29) is 17.4 Å². The van der Waals surface area contributed by atoms with E-state index in [4.69, 9.17) is 4.74 Å². The van der Waals surface area contributed by atoms with Crippen molar-refractivity contribution in [2.24, 2.45) is 5.92 Å². The van der Waals surface area contributed by atoms with Crippen LogP contribution in [0.3, 0.4) is 0 Å². The number of rotatable bonds is 5. The summed E-state index contributed by atoms with van der Waals surface area (Å²) < 4.78 is 19.6. The van der Waals surface area contributed by atoms with E-state index in [1.807, 2.05) is 31.2 Å². The van der Waals surface area contributed by atoms with E-state index in [0.717, 1.165) is 16.7 Å². The third-order valence-electron chi connectivity index (χ3n) is 5.43. The molecule has 0 radical (unpaired) electrons. The molecule has 2 amide bonds. The van der Waals surface area contributed by atoms with Crippen molar-refractivity contribution < 1.29 is 18.7 Å². The first kappa shape index (κ1) is 20.6. The standard InChI is InChI=1S/C25H23FN2O3/c1-16-6-2-3-7-17(16)14-27-24(29)19-12-18-13-20(10-11-23(18)31-15-19)28-25(30)21-8-4-5-9-22(21)26/h2-11,13,19H,12,14-15H2,1H3,(H,27,29)(H,28,30). The Bertz CT molecular complexity index is 1130. The Hall–Kier alpha value is -3.67. The highest BCUT2D eigenvalue weighted by Crippen LogP contribution is 2.30. The van der Waals surface area contributed by atoms with E-state index in [0.29, 0.717) is 31.0 Å². The Morgan fingerprint density at radius 2 is 1.84 bits per heavy atom. The van der Waals surface area contributed by atoms with Crippen LogP contribution in [0.15, 0.2) is 66.7 Å². The van der Waals surface area contributed by atoms with Gasteiger partial charge in [0.25, 0.3) is 5.91 Å². The van der Waals surface area contributed by atoms with Crippen molar-refractivity contribution in [1.82, 2.24) is 5.32 Å². The van der Waals surface area contributed by atoms with Crippen LogP contribution in [0.5, 0.6) is 5.75 Å². The number of anilines is 1. The fraction of sp³-hybridized carbons (Fsp3) is 0.200. The van der Waals surface area contributed by atoms with E-state index in [1.54, 1.807) is 24.3 Å². The second-order valence-corrected chi connectivity index (χ2v) is 7.61.